The number of benzene rings is 2. The summed E-state index contributed by atoms with van der Waals surface area (Å²) in [5, 5.41) is 18.6. The molecule has 118 valence electrons. The Bertz CT molecular complexity index is 783. The Kier molecular flexibility index (Phi) is 4.82. The molecule has 2 aromatic carbocycles. The largest absolute Gasteiger partial charge is 0.508 e. The number of aromatic hydroxyl groups is 1. The fraction of sp³-hybridized carbons (Fsp3) is 0.176. The van der Waals surface area contributed by atoms with E-state index >= 15 is 0 Å². The number of ether oxygens (including phenoxy) is 2. The number of nitrogens with zero attached hydrogens (tertiary/aromatic N) is 1. The smallest absolute Gasteiger partial charge is 0.351 e. The van der Waals surface area contributed by atoms with Crippen LogP contribution < -0.4 is 4.74 Å². The van der Waals surface area contributed by atoms with Crippen LogP contribution in [0.4, 0.5) is 4.39 Å². The van der Waals surface area contributed by atoms with Crippen molar-refractivity contribution in [3.63, 3.8) is 0 Å². The van der Waals surface area contributed by atoms with Crippen LogP contribution >= 0.6 is 0 Å². The maximum atomic E-state index is 13.7. The molecular formula is C17H14FNO4. The van der Waals surface area contributed by atoms with E-state index in [1.165, 1.54) is 7.11 Å². The number of halogens is 1. The zero-order valence-electron chi connectivity index (χ0n) is 12.5. The molecule has 1 unspecified atom stereocenters. The number of phenolic OH excluding ortho intramolecular Hbond substituents is 1. The summed E-state index contributed by atoms with van der Waals surface area (Å²) in [5.74, 6) is -2.28. The monoisotopic (exact) mass is 315 g/mol. The van der Waals surface area contributed by atoms with Crippen LogP contribution in [0.1, 0.15) is 22.8 Å². The van der Waals surface area contributed by atoms with Crippen LogP contribution in [0.15, 0.2) is 36.4 Å². The summed E-state index contributed by atoms with van der Waals surface area (Å²) in [5.41, 5.74) is 0.888. The van der Waals surface area contributed by atoms with Crippen LogP contribution in [-0.2, 0) is 9.53 Å². The van der Waals surface area contributed by atoms with E-state index in [1.54, 1.807) is 37.3 Å². The Morgan fingerprint density at radius 3 is 2.65 bits per heavy atom. The van der Waals surface area contributed by atoms with E-state index in [2.05, 4.69) is 0 Å². The van der Waals surface area contributed by atoms with Crippen molar-refractivity contribution in [3.05, 3.63) is 58.9 Å². The highest BCUT2D eigenvalue weighted by molar-refractivity contribution is 5.77. The lowest BCUT2D eigenvalue weighted by Gasteiger charge is -2.20. The molecule has 0 saturated carbocycles. The molecule has 0 heterocycles. The number of phenols is 1. The molecule has 0 saturated heterocycles. The standard InChI is InChI=1S/C17H14FNO4/c1-10-5-3-4-6-12(10)16(17(21)22-2)23-15-8-11(20)7-14(18)13(15)9-19/h3-8,16,20H,1-2H3. The van der Waals surface area contributed by atoms with Crippen molar-refractivity contribution < 1.29 is 23.8 Å². The molecule has 0 fully saturated rings. The number of methoxy groups -OCH3 is 1. The first-order valence-electron chi connectivity index (χ1n) is 6.70. The second-order valence-electron chi connectivity index (χ2n) is 4.79. The second kappa shape index (κ2) is 6.79. The summed E-state index contributed by atoms with van der Waals surface area (Å²) in [6.45, 7) is 1.78. The minimum atomic E-state index is -1.19. The van der Waals surface area contributed by atoms with E-state index in [4.69, 9.17) is 14.7 Å². The van der Waals surface area contributed by atoms with Gasteiger partial charge in [-0.15, -0.1) is 0 Å². The van der Waals surface area contributed by atoms with Crippen LogP contribution in [0.3, 0.4) is 0 Å². The number of esters is 1. The maximum absolute atomic E-state index is 13.7. The third-order valence-corrected chi connectivity index (χ3v) is 3.28. The van der Waals surface area contributed by atoms with Gasteiger partial charge in [-0.1, -0.05) is 24.3 Å². The molecule has 0 radical (unpaired) electrons. The molecule has 2 aromatic rings. The lowest BCUT2D eigenvalue weighted by molar-refractivity contribution is -0.149. The highest BCUT2D eigenvalue weighted by atomic mass is 19.1. The van der Waals surface area contributed by atoms with Crippen molar-refractivity contribution in [2.45, 2.75) is 13.0 Å². The van der Waals surface area contributed by atoms with Crippen molar-refractivity contribution in [2.24, 2.45) is 0 Å². The SMILES string of the molecule is COC(=O)C(Oc1cc(O)cc(F)c1C#N)c1ccccc1C. The molecule has 0 spiro atoms. The molecule has 0 aromatic heterocycles. The van der Waals surface area contributed by atoms with Crippen molar-refractivity contribution in [3.8, 4) is 17.6 Å². The van der Waals surface area contributed by atoms with Gasteiger partial charge in [-0.25, -0.2) is 9.18 Å². The third-order valence-electron chi connectivity index (χ3n) is 3.28. The van der Waals surface area contributed by atoms with Gasteiger partial charge in [0.25, 0.3) is 0 Å². The zero-order chi connectivity index (χ0) is 17.0. The Hall–Kier alpha value is -3.07. The molecule has 0 amide bonds. The molecule has 0 aliphatic rings. The fourth-order valence-electron chi connectivity index (χ4n) is 2.12. The van der Waals surface area contributed by atoms with Gasteiger partial charge in [-0.05, 0) is 12.5 Å². The summed E-state index contributed by atoms with van der Waals surface area (Å²) in [6.07, 6.45) is -1.19. The molecule has 2 rings (SSSR count). The second-order valence-corrected chi connectivity index (χ2v) is 4.79. The van der Waals surface area contributed by atoms with Crippen LogP contribution in [0.2, 0.25) is 0 Å². The number of nitriles is 1. The maximum Gasteiger partial charge on any atom is 0.351 e. The van der Waals surface area contributed by atoms with Gasteiger partial charge in [0.1, 0.15) is 28.9 Å². The number of aryl methyl sites for hydroxylation is 1. The Labute approximate surface area is 132 Å². The van der Waals surface area contributed by atoms with Crippen molar-refractivity contribution >= 4 is 5.97 Å². The zero-order valence-corrected chi connectivity index (χ0v) is 12.5. The van der Waals surface area contributed by atoms with Gasteiger partial charge in [0, 0.05) is 17.7 Å². The first-order chi connectivity index (χ1) is 11.0. The predicted octanol–water partition coefficient (Wildman–Crippen LogP) is 3.00. The molecule has 1 N–H and O–H groups in total. The molecule has 0 bridgehead atoms. The minimum Gasteiger partial charge on any atom is -0.508 e. The van der Waals surface area contributed by atoms with Gasteiger partial charge >= 0.3 is 5.97 Å². The van der Waals surface area contributed by atoms with Crippen molar-refractivity contribution in [1.29, 1.82) is 5.26 Å². The van der Waals surface area contributed by atoms with Gasteiger partial charge in [-0.2, -0.15) is 5.26 Å². The minimum absolute atomic E-state index is 0.233. The Morgan fingerprint density at radius 2 is 2.04 bits per heavy atom. The van der Waals surface area contributed by atoms with Crippen molar-refractivity contribution in [1.82, 2.24) is 0 Å². The number of hydrogen-bond acceptors (Lipinski definition) is 5. The van der Waals surface area contributed by atoms with E-state index in [9.17, 15) is 14.3 Å². The number of carbonyl (C=O) groups excluding carboxylic acids is 1. The summed E-state index contributed by atoms with van der Waals surface area (Å²) in [6, 6.07) is 10.5. The van der Waals surface area contributed by atoms with Crippen molar-refractivity contribution in [2.75, 3.05) is 7.11 Å². The quantitative estimate of drug-likeness (QED) is 0.877. The van der Waals surface area contributed by atoms with Gasteiger partial charge in [0.2, 0.25) is 6.10 Å². The highest BCUT2D eigenvalue weighted by Crippen LogP contribution is 2.32. The number of carbonyl (C=O) groups is 1. The van der Waals surface area contributed by atoms with Crippen LogP contribution in [0, 0.1) is 24.1 Å². The first-order valence-corrected chi connectivity index (χ1v) is 6.70. The molecule has 6 heteroatoms. The average molecular weight is 315 g/mol. The summed E-state index contributed by atoms with van der Waals surface area (Å²) >= 11 is 0. The van der Waals surface area contributed by atoms with Gasteiger partial charge in [0.05, 0.1) is 7.11 Å². The van der Waals surface area contributed by atoms with Crippen LogP contribution in [-0.4, -0.2) is 18.2 Å². The molecular weight excluding hydrogens is 301 g/mol. The molecule has 0 aliphatic heterocycles. The third kappa shape index (κ3) is 3.40. The van der Waals surface area contributed by atoms with E-state index in [-0.39, 0.29) is 5.75 Å². The number of rotatable bonds is 4. The lowest BCUT2D eigenvalue weighted by atomic mass is 10.0. The number of hydrogen-bond donors (Lipinski definition) is 1. The van der Waals surface area contributed by atoms with Gasteiger partial charge < -0.3 is 14.6 Å². The lowest BCUT2D eigenvalue weighted by Crippen LogP contribution is -2.21. The molecule has 5 nitrogen and oxygen atoms in total. The van der Waals surface area contributed by atoms with Crippen LogP contribution in [0.25, 0.3) is 0 Å². The van der Waals surface area contributed by atoms with Gasteiger partial charge in [0.15, 0.2) is 0 Å². The van der Waals surface area contributed by atoms with Crippen LogP contribution in [0.5, 0.6) is 11.5 Å². The normalized spacial score (nSPS) is 11.4. The summed E-state index contributed by atoms with van der Waals surface area (Å²) < 4.78 is 24.0. The Morgan fingerprint density at radius 1 is 1.35 bits per heavy atom. The summed E-state index contributed by atoms with van der Waals surface area (Å²) in [7, 11) is 1.20. The molecule has 23 heavy (non-hydrogen) atoms. The van der Waals surface area contributed by atoms with E-state index in [0.717, 1.165) is 17.7 Å². The highest BCUT2D eigenvalue weighted by Gasteiger charge is 2.27. The average Bonchev–Trinajstić information content (AvgIpc) is 2.52. The predicted molar refractivity (Wildman–Crippen MR) is 79.3 cm³/mol. The van der Waals surface area contributed by atoms with E-state index < -0.39 is 29.2 Å². The first kappa shape index (κ1) is 16.3. The Balaban J connectivity index is 2.51. The summed E-state index contributed by atoms with van der Waals surface area (Å²) in [4.78, 5) is 12.1. The molecule has 0 aliphatic carbocycles. The van der Waals surface area contributed by atoms with Gasteiger partial charge in [-0.3, -0.25) is 0 Å². The molecule has 1 atom stereocenters. The van der Waals surface area contributed by atoms with E-state index in [0.29, 0.717) is 5.56 Å². The fourth-order valence-corrected chi connectivity index (χ4v) is 2.12. The topological polar surface area (TPSA) is 79.6 Å². The van der Waals surface area contributed by atoms with E-state index in [1.807, 2.05) is 0 Å².